The van der Waals surface area contributed by atoms with Crippen LogP contribution in [0.5, 0.6) is 0 Å². The lowest BCUT2D eigenvalue weighted by atomic mass is 10.2. The van der Waals surface area contributed by atoms with E-state index in [2.05, 4.69) is 9.97 Å². The Morgan fingerprint density at radius 3 is 2.79 bits per heavy atom. The summed E-state index contributed by atoms with van der Waals surface area (Å²) < 4.78 is 14.1. The van der Waals surface area contributed by atoms with Gasteiger partial charge in [-0.25, -0.2) is 14.4 Å². The highest BCUT2D eigenvalue weighted by atomic mass is 32.2. The molecule has 0 aliphatic carbocycles. The molecule has 0 N–H and O–H groups in total. The Morgan fingerprint density at radius 1 is 1.29 bits per heavy atom. The van der Waals surface area contributed by atoms with Crippen molar-refractivity contribution in [3.63, 3.8) is 0 Å². The Labute approximate surface area is 146 Å². The van der Waals surface area contributed by atoms with Gasteiger partial charge in [0.05, 0.1) is 15.5 Å². The van der Waals surface area contributed by atoms with E-state index < -0.39 is 0 Å². The quantitative estimate of drug-likeness (QED) is 0.667. The molecule has 1 saturated heterocycles. The lowest BCUT2D eigenvalue weighted by Gasteiger charge is -2.09. The van der Waals surface area contributed by atoms with Gasteiger partial charge >= 0.3 is 0 Å². The molecule has 0 radical (unpaired) electrons. The highest BCUT2D eigenvalue weighted by molar-refractivity contribution is 8.00. The summed E-state index contributed by atoms with van der Waals surface area (Å²) in [7, 11) is 1.83. The molecule has 0 bridgehead atoms. The van der Waals surface area contributed by atoms with Crippen LogP contribution in [0.1, 0.15) is 6.42 Å². The van der Waals surface area contributed by atoms with Crippen LogP contribution in [0.4, 0.5) is 4.39 Å². The fourth-order valence-corrected chi connectivity index (χ4v) is 5.07. The van der Waals surface area contributed by atoms with Crippen molar-refractivity contribution >= 4 is 39.2 Å². The molecule has 1 amide bonds. The first-order valence-electron chi connectivity index (χ1n) is 7.54. The van der Waals surface area contributed by atoms with Gasteiger partial charge in [-0.1, -0.05) is 23.9 Å². The number of thiophene rings is 1. The molecule has 4 nitrogen and oxygen atoms in total. The summed E-state index contributed by atoms with van der Waals surface area (Å²) in [4.78, 5) is 23.6. The molecule has 1 atom stereocenters. The van der Waals surface area contributed by atoms with Crippen LogP contribution in [0.15, 0.2) is 41.7 Å². The summed E-state index contributed by atoms with van der Waals surface area (Å²) in [5, 5.41) is 0.761. The average molecular weight is 359 g/mol. The van der Waals surface area contributed by atoms with E-state index in [0.717, 1.165) is 38.6 Å². The van der Waals surface area contributed by atoms with Crippen molar-refractivity contribution in [1.29, 1.82) is 0 Å². The molecule has 1 unspecified atom stereocenters. The van der Waals surface area contributed by atoms with Gasteiger partial charge in [-0.2, -0.15) is 0 Å². The van der Waals surface area contributed by atoms with E-state index in [1.165, 1.54) is 30.2 Å². The number of amides is 1. The number of halogens is 1. The van der Waals surface area contributed by atoms with Crippen LogP contribution in [0.2, 0.25) is 0 Å². The van der Waals surface area contributed by atoms with Crippen LogP contribution < -0.4 is 0 Å². The fraction of sp³-hybridized carbons (Fsp3) is 0.235. The minimum absolute atomic E-state index is 0.0792. The zero-order valence-electron chi connectivity index (χ0n) is 12.9. The van der Waals surface area contributed by atoms with Gasteiger partial charge in [-0.15, -0.1) is 11.3 Å². The monoisotopic (exact) mass is 359 g/mol. The van der Waals surface area contributed by atoms with Crippen molar-refractivity contribution < 1.29 is 9.18 Å². The number of hydrogen-bond donors (Lipinski definition) is 0. The first-order valence-corrected chi connectivity index (χ1v) is 9.23. The van der Waals surface area contributed by atoms with Gasteiger partial charge in [0, 0.05) is 18.5 Å². The molecule has 3 heterocycles. The Balaban J connectivity index is 1.70. The number of rotatable bonds is 3. The maximum Gasteiger partial charge on any atom is 0.235 e. The van der Waals surface area contributed by atoms with Crippen molar-refractivity contribution in [3.05, 3.63) is 42.5 Å². The van der Waals surface area contributed by atoms with Crippen LogP contribution >= 0.6 is 23.1 Å². The maximum atomic E-state index is 13.1. The lowest BCUT2D eigenvalue weighted by molar-refractivity contribution is -0.126. The number of hydrogen-bond acceptors (Lipinski definition) is 5. The van der Waals surface area contributed by atoms with Gasteiger partial charge < -0.3 is 4.90 Å². The van der Waals surface area contributed by atoms with Gasteiger partial charge in [0.2, 0.25) is 5.91 Å². The molecule has 1 fully saturated rings. The largest absolute Gasteiger partial charge is 0.345 e. The third-order valence-electron chi connectivity index (χ3n) is 4.04. The second-order valence-corrected chi connectivity index (χ2v) is 7.91. The van der Waals surface area contributed by atoms with E-state index in [-0.39, 0.29) is 17.0 Å². The Bertz CT molecular complexity index is 910. The molecule has 2 aromatic heterocycles. The number of carbonyl (C=O) groups excluding carboxylic acids is 1. The summed E-state index contributed by atoms with van der Waals surface area (Å²) in [5.41, 5.74) is 1.81. The van der Waals surface area contributed by atoms with Crippen molar-refractivity contribution in [2.75, 3.05) is 13.6 Å². The zero-order valence-corrected chi connectivity index (χ0v) is 14.5. The topological polar surface area (TPSA) is 46.1 Å². The predicted octanol–water partition coefficient (Wildman–Crippen LogP) is 3.82. The van der Waals surface area contributed by atoms with Crippen LogP contribution in [0.25, 0.3) is 20.7 Å². The summed E-state index contributed by atoms with van der Waals surface area (Å²) in [6.07, 6.45) is 2.37. The predicted molar refractivity (Wildman–Crippen MR) is 94.7 cm³/mol. The summed E-state index contributed by atoms with van der Waals surface area (Å²) in [6.45, 7) is 0.788. The van der Waals surface area contributed by atoms with Gasteiger partial charge in [0.15, 0.2) is 0 Å². The third kappa shape index (κ3) is 2.78. The Kier molecular flexibility index (Phi) is 3.97. The van der Waals surface area contributed by atoms with Crippen molar-refractivity contribution in [2.45, 2.75) is 16.7 Å². The molecule has 3 aromatic rings. The number of benzene rings is 1. The normalized spacial score (nSPS) is 17.8. The first kappa shape index (κ1) is 15.5. The fourth-order valence-electron chi connectivity index (χ4n) is 2.71. The Hall–Kier alpha value is -1.99. The standard InChI is InChI=1S/C17H14FN3OS2/c1-21-7-6-13(17(21)22)24-16-15-12(19-9-20-16)8-14(23-15)10-2-4-11(18)5-3-10/h2-5,8-9,13H,6-7H2,1H3. The Morgan fingerprint density at radius 2 is 2.08 bits per heavy atom. The van der Waals surface area contributed by atoms with Gasteiger partial charge in [-0.3, -0.25) is 4.79 Å². The zero-order chi connectivity index (χ0) is 16.7. The van der Waals surface area contributed by atoms with E-state index in [0.29, 0.717) is 0 Å². The number of aromatic nitrogens is 2. The van der Waals surface area contributed by atoms with Crippen molar-refractivity contribution in [2.24, 2.45) is 0 Å². The molecule has 0 saturated carbocycles. The van der Waals surface area contributed by atoms with E-state index >= 15 is 0 Å². The van der Waals surface area contributed by atoms with E-state index in [9.17, 15) is 9.18 Å². The third-order valence-corrected chi connectivity index (χ3v) is 6.60. The smallest absolute Gasteiger partial charge is 0.235 e. The number of carbonyl (C=O) groups is 1. The molecule has 1 aromatic carbocycles. The highest BCUT2D eigenvalue weighted by Crippen LogP contribution is 2.39. The summed E-state index contributed by atoms with van der Waals surface area (Å²) in [6, 6.07) is 8.41. The van der Waals surface area contributed by atoms with Gasteiger partial charge in [0.1, 0.15) is 17.2 Å². The minimum atomic E-state index is -0.250. The molecule has 24 heavy (non-hydrogen) atoms. The van der Waals surface area contributed by atoms with E-state index in [4.69, 9.17) is 0 Å². The number of nitrogens with zero attached hydrogens (tertiary/aromatic N) is 3. The highest BCUT2D eigenvalue weighted by Gasteiger charge is 2.31. The molecular weight excluding hydrogens is 345 g/mol. The number of likely N-dealkylation sites (tertiary alicyclic amines) is 1. The molecular formula is C17H14FN3OS2. The molecule has 1 aliphatic heterocycles. The van der Waals surface area contributed by atoms with Gasteiger partial charge in [-0.05, 0) is 30.2 Å². The second kappa shape index (κ2) is 6.14. The molecule has 0 spiro atoms. The van der Waals surface area contributed by atoms with Crippen LogP contribution in [0, 0.1) is 5.82 Å². The summed E-state index contributed by atoms with van der Waals surface area (Å²) in [5.74, 6) is -0.0955. The average Bonchev–Trinajstić information content (AvgIpc) is 3.15. The molecule has 4 rings (SSSR count). The van der Waals surface area contributed by atoms with Gasteiger partial charge in [0.25, 0.3) is 0 Å². The minimum Gasteiger partial charge on any atom is -0.345 e. The van der Waals surface area contributed by atoms with Crippen LogP contribution in [0.3, 0.4) is 0 Å². The van der Waals surface area contributed by atoms with E-state index in [1.54, 1.807) is 28.4 Å². The SMILES string of the molecule is CN1CCC(Sc2ncnc3cc(-c4ccc(F)cc4)sc23)C1=O. The van der Waals surface area contributed by atoms with Crippen LogP contribution in [-0.4, -0.2) is 39.6 Å². The molecule has 7 heteroatoms. The number of fused-ring (bicyclic) bond motifs is 1. The van der Waals surface area contributed by atoms with Crippen LogP contribution in [-0.2, 0) is 4.79 Å². The van der Waals surface area contributed by atoms with Crippen molar-refractivity contribution in [3.8, 4) is 10.4 Å². The second-order valence-electron chi connectivity index (χ2n) is 5.67. The number of thioether (sulfide) groups is 1. The maximum absolute atomic E-state index is 13.1. The van der Waals surface area contributed by atoms with E-state index in [1.807, 2.05) is 13.1 Å². The van der Waals surface area contributed by atoms with Crippen molar-refractivity contribution in [1.82, 2.24) is 14.9 Å². The molecule has 1 aliphatic rings. The molecule has 122 valence electrons. The lowest BCUT2D eigenvalue weighted by Crippen LogP contribution is -2.23. The summed E-state index contributed by atoms with van der Waals surface area (Å²) >= 11 is 3.09. The first-order chi connectivity index (χ1) is 11.6.